The fourth-order valence-electron chi connectivity index (χ4n) is 2.56. The Morgan fingerprint density at radius 2 is 1.89 bits per heavy atom. The Bertz CT molecular complexity index is 835. The van der Waals surface area contributed by atoms with Crippen molar-refractivity contribution >= 4 is 35.0 Å². The SMILES string of the molecule is CNC(=O)CCCNc1ccc(Nc2ncc(C(N)=O)c(NC3CC3)n2)cc1. The predicted octanol–water partition coefficient (Wildman–Crippen LogP) is 1.83. The highest BCUT2D eigenvalue weighted by molar-refractivity contribution is 5.97. The molecule has 1 aromatic carbocycles. The number of nitrogens with zero attached hydrogens (tertiary/aromatic N) is 2. The van der Waals surface area contributed by atoms with Gasteiger partial charge in [-0.05, 0) is 43.5 Å². The van der Waals surface area contributed by atoms with Crippen molar-refractivity contribution in [1.82, 2.24) is 15.3 Å². The standard InChI is InChI=1S/C19H25N7O2/c1-21-16(27)3-2-10-22-12-4-6-14(7-5-12)25-19-23-11-15(17(20)28)18(26-19)24-13-8-9-13/h4-7,11,13,22H,2-3,8-10H2,1H3,(H2,20,28)(H,21,27)(H2,23,24,25,26). The van der Waals surface area contributed by atoms with E-state index in [0.717, 1.165) is 30.6 Å². The first-order valence-corrected chi connectivity index (χ1v) is 9.30. The summed E-state index contributed by atoms with van der Waals surface area (Å²) in [4.78, 5) is 31.3. The molecule has 1 heterocycles. The quantitative estimate of drug-likeness (QED) is 0.395. The number of carbonyl (C=O) groups excluding carboxylic acids is 2. The van der Waals surface area contributed by atoms with Crippen LogP contribution in [0, 0.1) is 0 Å². The van der Waals surface area contributed by atoms with Crippen LogP contribution in [0.4, 0.5) is 23.1 Å². The second-order valence-corrected chi connectivity index (χ2v) is 6.64. The van der Waals surface area contributed by atoms with E-state index in [1.54, 1.807) is 7.05 Å². The summed E-state index contributed by atoms with van der Waals surface area (Å²) in [5.41, 5.74) is 7.46. The van der Waals surface area contributed by atoms with E-state index in [1.165, 1.54) is 6.20 Å². The number of hydrogen-bond donors (Lipinski definition) is 5. The number of carbonyl (C=O) groups is 2. The Balaban J connectivity index is 1.57. The number of nitrogens with two attached hydrogens (primary N) is 1. The van der Waals surface area contributed by atoms with Crippen LogP contribution in [0.3, 0.4) is 0 Å². The molecular weight excluding hydrogens is 358 g/mol. The molecule has 9 nitrogen and oxygen atoms in total. The van der Waals surface area contributed by atoms with Crippen molar-refractivity contribution in [2.75, 3.05) is 29.5 Å². The van der Waals surface area contributed by atoms with Crippen molar-refractivity contribution in [1.29, 1.82) is 0 Å². The number of benzene rings is 1. The lowest BCUT2D eigenvalue weighted by molar-refractivity contribution is -0.120. The second kappa shape index (κ2) is 9.03. The van der Waals surface area contributed by atoms with Gasteiger partial charge in [0, 0.05) is 43.6 Å². The maximum Gasteiger partial charge on any atom is 0.254 e. The third-order valence-corrected chi connectivity index (χ3v) is 4.30. The highest BCUT2D eigenvalue weighted by Gasteiger charge is 2.24. The highest BCUT2D eigenvalue weighted by Crippen LogP contribution is 2.26. The number of hydrogen-bond acceptors (Lipinski definition) is 7. The first kappa shape index (κ1) is 19.4. The van der Waals surface area contributed by atoms with Gasteiger partial charge in [-0.1, -0.05) is 0 Å². The molecule has 1 aliphatic carbocycles. The smallest absolute Gasteiger partial charge is 0.254 e. The molecule has 0 atom stereocenters. The van der Waals surface area contributed by atoms with E-state index in [1.807, 2.05) is 24.3 Å². The molecule has 2 amide bonds. The van der Waals surface area contributed by atoms with E-state index in [0.29, 0.717) is 30.8 Å². The highest BCUT2D eigenvalue weighted by atomic mass is 16.1. The number of primary amides is 1. The van der Waals surface area contributed by atoms with Crippen LogP contribution in [0.15, 0.2) is 30.5 Å². The van der Waals surface area contributed by atoms with Crippen molar-refractivity contribution in [3.05, 3.63) is 36.0 Å². The molecule has 1 saturated carbocycles. The van der Waals surface area contributed by atoms with Gasteiger partial charge in [-0.2, -0.15) is 4.98 Å². The number of nitrogens with one attached hydrogen (secondary N) is 4. The van der Waals surface area contributed by atoms with Gasteiger partial charge >= 0.3 is 0 Å². The molecule has 148 valence electrons. The average molecular weight is 383 g/mol. The van der Waals surface area contributed by atoms with Crippen LogP contribution in [0.25, 0.3) is 0 Å². The summed E-state index contributed by atoms with van der Waals surface area (Å²) in [5.74, 6) is 0.335. The van der Waals surface area contributed by atoms with Crippen LogP contribution in [0.2, 0.25) is 0 Å². The monoisotopic (exact) mass is 383 g/mol. The molecule has 0 bridgehead atoms. The molecule has 3 rings (SSSR count). The Labute approximate surface area is 163 Å². The van der Waals surface area contributed by atoms with Gasteiger partial charge in [-0.25, -0.2) is 4.98 Å². The fraction of sp³-hybridized carbons (Fsp3) is 0.368. The number of aromatic nitrogens is 2. The number of anilines is 4. The van der Waals surface area contributed by atoms with Crippen LogP contribution >= 0.6 is 0 Å². The van der Waals surface area contributed by atoms with Gasteiger partial charge in [-0.3, -0.25) is 9.59 Å². The lowest BCUT2D eigenvalue weighted by Crippen LogP contribution is -2.18. The summed E-state index contributed by atoms with van der Waals surface area (Å²) in [6, 6.07) is 8.02. The Morgan fingerprint density at radius 3 is 2.54 bits per heavy atom. The topological polar surface area (TPSA) is 134 Å². The molecule has 0 spiro atoms. The van der Waals surface area contributed by atoms with Crippen LogP contribution in [0.5, 0.6) is 0 Å². The minimum atomic E-state index is -0.554. The third-order valence-electron chi connectivity index (χ3n) is 4.30. The van der Waals surface area contributed by atoms with E-state index in [2.05, 4.69) is 31.2 Å². The summed E-state index contributed by atoms with van der Waals surface area (Å²) in [7, 11) is 1.64. The van der Waals surface area contributed by atoms with Gasteiger partial charge in [-0.15, -0.1) is 0 Å². The van der Waals surface area contributed by atoms with E-state index in [9.17, 15) is 9.59 Å². The molecule has 0 radical (unpaired) electrons. The van der Waals surface area contributed by atoms with Gasteiger partial charge in [0.25, 0.3) is 5.91 Å². The molecular formula is C19H25N7O2. The molecule has 1 aromatic heterocycles. The first-order chi connectivity index (χ1) is 13.5. The van der Waals surface area contributed by atoms with Crippen molar-refractivity contribution in [3.8, 4) is 0 Å². The molecule has 0 saturated heterocycles. The number of rotatable bonds is 10. The molecule has 6 N–H and O–H groups in total. The summed E-state index contributed by atoms with van der Waals surface area (Å²) >= 11 is 0. The average Bonchev–Trinajstić information content (AvgIpc) is 3.50. The van der Waals surface area contributed by atoms with Crippen molar-refractivity contribution < 1.29 is 9.59 Å². The van der Waals surface area contributed by atoms with Crippen molar-refractivity contribution in [3.63, 3.8) is 0 Å². The van der Waals surface area contributed by atoms with Crippen LogP contribution in [-0.4, -0.2) is 41.4 Å². The molecule has 0 unspecified atom stereocenters. The van der Waals surface area contributed by atoms with Gasteiger partial charge in [0.05, 0.1) is 5.56 Å². The maximum atomic E-state index is 11.5. The fourth-order valence-corrected chi connectivity index (χ4v) is 2.56. The third kappa shape index (κ3) is 5.57. The lowest BCUT2D eigenvalue weighted by atomic mass is 10.2. The summed E-state index contributed by atoms with van der Waals surface area (Å²) in [6.07, 6.45) is 4.81. The van der Waals surface area contributed by atoms with Gasteiger partial charge in [0.2, 0.25) is 11.9 Å². The van der Waals surface area contributed by atoms with Gasteiger partial charge in [0.1, 0.15) is 5.82 Å². The van der Waals surface area contributed by atoms with Gasteiger partial charge in [0.15, 0.2) is 0 Å². The van der Waals surface area contributed by atoms with Crippen LogP contribution in [-0.2, 0) is 4.79 Å². The van der Waals surface area contributed by atoms with Crippen molar-refractivity contribution in [2.24, 2.45) is 5.73 Å². The minimum Gasteiger partial charge on any atom is -0.385 e. The van der Waals surface area contributed by atoms with Crippen LogP contribution in [0.1, 0.15) is 36.0 Å². The maximum absolute atomic E-state index is 11.5. The van der Waals surface area contributed by atoms with Crippen LogP contribution < -0.4 is 27.0 Å². The van der Waals surface area contributed by atoms with E-state index >= 15 is 0 Å². The number of amides is 2. The molecule has 9 heteroatoms. The Kier molecular flexibility index (Phi) is 6.25. The zero-order valence-electron chi connectivity index (χ0n) is 15.8. The first-order valence-electron chi connectivity index (χ1n) is 9.30. The predicted molar refractivity (Wildman–Crippen MR) is 109 cm³/mol. The molecule has 28 heavy (non-hydrogen) atoms. The van der Waals surface area contributed by atoms with E-state index in [4.69, 9.17) is 5.73 Å². The van der Waals surface area contributed by atoms with Crippen molar-refractivity contribution in [2.45, 2.75) is 31.7 Å². The minimum absolute atomic E-state index is 0.0410. The molecule has 2 aromatic rings. The zero-order valence-corrected chi connectivity index (χ0v) is 15.8. The van der Waals surface area contributed by atoms with E-state index in [-0.39, 0.29) is 11.5 Å². The summed E-state index contributed by atoms with van der Waals surface area (Å²) in [5, 5.41) is 12.2. The normalized spacial score (nSPS) is 12.9. The Hall–Kier alpha value is -3.36. The largest absolute Gasteiger partial charge is 0.385 e. The zero-order chi connectivity index (χ0) is 19.9. The summed E-state index contributed by atoms with van der Waals surface area (Å²) < 4.78 is 0. The molecule has 0 aliphatic heterocycles. The van der Waals surface area contributed by atoms with Gasteiger partial charge < -0.3 is 27.0 Å². The van der Waals surface area contributed by atoms with E-state index < -0.39 is 5.91 Å². The Morgan fingerprint density at radius 1 is 1.18 bits per heavy atom. The summed E-state index contributed by atoms with van der Waals surface area (Å²) in [6.45, 7) is 0.716. The second-order valence-electron chi connectivity index (χ2n) is 6.64. The molecule has 1 fully saturated rings. The lowest BCUT2D eigenvalue weighted by Gasteiger charge is -2.11. The molecule has 1 aliphatic rings.